The number of carbonyl (C=O) groups excluding carboxylic acids is 1. The molecule has 1 aromatic rings. The SMILES string of the molecule is CC1(Cl)OC(=O)Nc2ccc(Cl)cc21. The van der Waals surface area contributed by atoms with Gasteiger partial charge in [0.1, 0.15) is 0 Å². The second kappa shape index (κ2) is 3.04. The molecule has 5 heteroatoms. The van der Waals surface area contributed by atoms with Crippen LogP contribution in [0, 0.1) is 0 Å². The van der Waals surface area contributed by atoms with E-state index in [-0.39, 0.29) is 0 Å². The van der Waals surface area contributed by atoms with Gasteiger partial charge in [-0.25, -0.2) is 4.79 Å². The molecule has 14 heavy (non-hydrogen) atoms. The maximum absolute atomic E-state index is 11.1. The number of anilines is 1. The van der Waals surface area contributed by atoms with Gasteiger partial charge in [-0.2, -0.15) is 0 Å². The molecule has 1 unspecified atom stereocenters. The summed E-state index contributed by atoms with van der Waals surface area (Å²) in [5.41, 5.74) is 1.29. The second-order valence-electron chi connectivity index (χ2n) is 3.12. The summed E-state index contributed by atoms with van der Waals surface area (Å²) in [6, 6.07) is 5.04. The molecule has 0 aliphatic carbocycles. The first-order valence-corrected chi connectivity index (χ1v) is 4.73. The van der Waals surface area contributed by atoms with Gasteiger partial charge >= 0.3 is 6.09 Å². The van der Waals surface area contributed by atoms with Crippen LogP contribution >= 0.6 is 23.2 Å². The van der Waals surface area contributed by atoms with Crippen molar-refractivity contribution in [3.05, 3.63) is 28.8 Å². The quantitative estimate of drug-likeness (QED) is 0.696. The van der Waals surface area contributed by atoms with Crippen molar-refractivity contribution in [3.63, 3.8) is 0 Å². The summed E-state index contributed by atoms with van der Waals surface area (Å²) < 4.78 is 4.91. The minimum atomic E-state index is -1.15. The number of nitrogens with one attached hydrogen (secondary N) is 1. The number of fused-ring (bicyclic) bond motifs is 1. The van der Waals surface area contributed by atoms with E-state index >= 15 is 0 Å². The van der Waals surface area contributed by atoms with E-state index in [1.54, 1.807) is 25.1 Å². The molecule has 0 radical (unpaired) electrons. The highest BCUT2D eigenvalue weighted by atomic mass is 35.5. The third kappa shape index (κ3) is 1.53. The fourth-order valence-corrected chi connectivity index (χ4v) is 1.76. The molecule has 1 N–H and O–H groups in total. The molecule has 1 aromatic carbocycles. The molecule has 1 atom stereocenters. The molecule has 1 aliphatic heterocycles. The molecular formula is C9H7Cl2NO2. The van der Waals surface area contributed by atoms with E-state index in [9.17, 15) is 4.79 Å². The molecule has 0 saturated carbocycles. The van der Waals surface area contributed by atoms with Gasteiger partial charge in [-0.1, -0.05) is 23.2 Å². The normalized spacial score (nSPS) is 24.9. The summed E-state index contributed by atoms with van der Waals surface area (Å²) in [5.74, 6) is 0. The Kier molecular flexibility index (Phi) is 2.09. The predicted molar refractivity (Wildman–Crippen MR) is 54.8 cm³/mol. The predicted octanol–water partition coefficient (Wildman–Crippen LogP) is 3.31. The molecule has 1 amide bonds. The molecule has 0 bridgehead atoms. The third-order valence-corrected chi connectivity index (χ3v) is 2.50. The number of ether oxygens (including phenoxy) is 1. The molecule has 1 heterocycles. The number of benzene rings is 1. The van der Waals surface area contributed by atoms with E-state index < -0.39 is 11.2 Å². The zero-order valence-corrected chi connectivity index (χ0v) is 8.82. The summed E-state index contributed by atoms with van der Waals surface area (Å²) in [5, 5.41) is 1.94. The van der Waals surface area contributed by atoms with Gasteiger partial charge in [-0.15, -0.1) is 0 Å². The highest BCUT2D eigenvalue weighted by Crippen LogP contribution is 2.39. The number of hydrogen-bond donors (Lipinski definition) is 1. The molecule has 1 aliphatic rings. The van der Waals surface area contributed by atoms with Crippen molar-refractivity contribution in [2.75, 3.05) is 5.32 Å². The van der Waals surface area contributed by atoms with Crippen molar-refractivity contribution in [1.82, 2.24) is 0 Å². The van der Waals surface area contributed by atoms with Gasteiger partial charge in [0.05, 0.1) is 5.69 Å². The highest BCUT2D eigenvalue weighted by molar-refractivity contribution is 6.31. The Bertz CT molecular complexity index is 404. The molecule has 2 rings (SSSR count). The lowest BCUT2D eigenvalue weighted by molar-refractivity contribution is 0.0891. The molecule has 0 aromatic heterocycles. The van der Waals surface area contributed by atoms with Gasteiger partial charge in [-0.05, 0) is 25.1 Å². The second-order valence-corrected chi connectivity index (χ2v) is 4.28. The number of cyclic esters (lactones) is 1. The van der Waals surface area contributed by atoms with E-state index in [1.165, 1.54) is 0 Å². The van der Waals surface area contributed by atoms with E-state index in [2.05, 4.69) is 5.32 Å². The summed E-state index contributed by atoms with van der Waals surface area (Å²) in [4.78, 5) is 11.1. The number of carbonyl (C=O) groups is 1. The van der Waals surface area contributed by atoms with Crippen LogP contribution in [-0.2, 0) is 9.80 Å². The van der Waals surface area contributed by atoms with Gasteiger partial charge < -0.3 is 4.74 Å². The fraction of sp³-hybridized carbons (Fsp3) is 0.222. The standard InChI is InChI=1S/C9H7Cl2NO2/c1-9(11)6-4-5(10)2-3-7(6)12-8(13)14-9/h2-4H,1H3,(H,12,13). The average Bonchev–Trinajstić information content (AvgIpc) is 2.05. The van der Waals surface area contributed by atoms with Crippen molar-refractivity contribution in [2.24, 2.45) is 0 Å². The van der Waals surface area contributed by atoms with Crippen LogP contribution < -0.4 is 5.32 Å². The van der Waals surface area contributed by atoms with Crippen LogP contribution in [0.1, 0.15) is 12.5 Å². The number of amides is 1. The van der Waals surface area contributed by atoms with Crippen LogP contribution in [0.2, 0.25) is 5.02 Å². The summed E-state index contributed by atoms with van der Waals surface area (Å²) >= 11 is 11.8. The Hall–Kier alpha value is -0.930. The number of rotatable bonds is 0. The maximum atomic E-state index is 11.1. The Balaban J connectivity index is 2.58. The lowest BCUT2D eigenvalue weighted by Gasteiger charge is -2.30. The molecule has 3 nitrogen and oxygen atoms in total. The largest absolute Gasteiger partial charge is 0.423 e. The van der Waals surface area contributed by atoms with Gasteiger partial charge in [0.15, 0.2) is 0 Å². The topological polar surface area (TPSA) is 38.3 Å². The number of alkyl halides is 1. The fourth-order valence-electron chi connectivity index (χ4n) is 1.36. The molecule has 74 valence electrons. The Morgan fingerprint density at radius 3 is 2.93 bits per heavy atom. The van der Waals surface area contributed by atoms with Crippen molar-refractivity contribution < 1.29 is 9.53 Å². The summed E-state index contributed by atoms with van der Waals surface area (Å²) in [6.07, 6.45) is -0.558. The van der Waals surface area contributed by atoms with Crippen LogP contribution in [0.4, 0.5) is 10.5 Å². The minimum Gasteiger partial charge on any atom is -0.423 e. The smallest absolute Gasteiger partial charge is 0.413 e. The van der Waals surface area contributed by atoms with E-state index in [0.717, 1.165) is 0 Å². The zero-order chi connectivity index (χ0) is 10.3. The van der Waals surface area contributed by atoms with E-state index in [4.69, 9.17) is 27.9 Å². The monoisotopic (exact) mass is 231 g/mol. The van der Waals surface area contributed by atoms with E-state index in [0.29, 0.717) is 16.3 Å². The van der Waals surface area contributed by atoms with Crippen molar-refractivity contribution >= 4 is 35.0 Å². The van der Waals surface area contributed by atoms with Gasteiger partial charge in [0.25, 0.3) is 0 Å². The van der Waals surface area contributed by atoms with Crippen LogP contribution in [0.15, 0.2) is 18.2 Å². The lowest BCUT2D eigenvalue weighted by Crippen LogP contribution is -2.32. The zero-order valence-electron chi connectivity index (χ0n) is 7.30. The highest BCUT2D eigenvalue weighted by Gasteiger charge is 2.35. The first-order valence-electron chi connectivity index (χ1n) is 3.98. The molecule has 0 spiro atoms. The van der Waals surface area contributed by atoms with Gasteiger partial charge in [-0.3, -0.25) is 5.32 Å². The van der Waals surface area contributed by atoms with Crippen molar-refractivity contribution in [2.45, 2.75) is 12.0 Å². The van der Waals surface area contributed by atoms with Crippen LogP contribution in [0.3, 0.4) is 0 Å². The Morgan fingerprint density at radius 2 is 2.21 bits per heavy atom. The van der Waals surface area contributed by atoms with Crippen molar-refractivity contribution in [3.8, 4) is 0 Å². The summed E-state index contributed by atoms with van der Waals surface area (Å²) in [6.45, 7) is 1.60. The molecule has 0 saturated heterocycles. The first kappa shape index (κ1) is 9.62. The maximum Gasteiger partial charge on any atom is 0.413 e. The Morgan fingerprint density at radius 1 is 1.50 bits per heavy atom. The van der Waals surface area contributed by atoms with Crippen LogP contribution in [0.25, 0.3) is 0 Å². The van der Waals surface area contributed by atoms with Crippen molar-refractivity contribution in [1.29, 1.82) is 0 Å². The lowest BCUT2D eigenvalue weighted by atomic mass is 10.1. The first-order chi connectivity index (χ1) is 6.49. The van der Waals surface area contributed by atoms with E-state index in [1.807, 2.05) is 0 Å². The van der Waals surface area contributed by atoms with Crippen LogP contribution in [0.5, 0.6) is 0 Å². The minimum absolute atomic E-state index is 0.551. The van der Waals surface area contributed by atoms with Gasteiger partial charge in [0, 0.05) is 10.6 Å². The molecule has 0 fully saturated rings. The van der Waals surface area contributed by atoms with Gasteiger partial charge in [0.2, 0.25) is 5.06 Å². The molecular weight excluding hydrogens is 225 g/mol. The summed E-state index contributed by atoms with van der Waals surface area (Å²) in [7, 11) is 0. The third-order valence-electron chi connectivity index (χ3n) is 1.98. The number of hydrogen-bond acceptors (Lipinski definition) is 2. The number of halogens is 2. The average molecular weight is 232 g/mol. The Labute approximate surface area is 91.0 Å². The van der Waals surface area contributed by atoms with Crippen LogP contribution in [-0.4, -0.2) is 6.09 Å².